The summed E-state index contributed by atoms with van der Waals surface area (Å²) in [7, 11) is 1.39. The number of piperazine rings is 1. The van der Waals surface area contributed by atoms with Gasteiger partial charge in [0.2, 0.25) is 5.78 Å². The van der Waals surface area contributed by atoms with E-state index in [0.717, 1.165) is 18.2 Å². The van der Waals surface area contributed by atoms with E-state index in [-0.39, 0.29) is 40.3 Å². The molecule has 7 rings (SSSR count). The predicted molar refractivity (Wildman–Crippen MR) is 246 cm³/mol. The van der Waals surface area contributed by atoms with Crippen molar-refractivity contribution in [3.63, 3.8) is 0 Å². The third-order valence-electron chi connectivity index (χ3n) is 13.1. The average Bonchev–Trinajstić information content (AvgIpc) is 3.60. The number of hydrogen-bond donors (Lipinski definition) is 5. The second kappa shape index (κ2) is 21.3. The highest BCUT2D eigenvalue weighted by molar-refractivity contribution is 6.31. The van der Waals surface area contributed by atoms with Gasteiger partial charge >= 0.3 is 12.1 Å². The van der Waals surface area contributed by atoms with E-state index >= 15 is 0 Å². The number of fused-ring (bicyclic) bond motifs is 14. The van der Waals surface area contributed by atoms with E-state index in [2.05, 4.69) is 10.5 Å². The standard InChI is InChI=1S/C49H60F3N5O12/c1-25-11-9-12-26(2)47(64)54-33-24-34(59)36-37(43(33)63)41(61)29(5)44-38(36)46(55-67-22-20-56-16-18-57(19-17-56)32-14-10-13-31(23-32)49(50,51)52)48(7,69-44)66-21-15-35(65-8)27(3)45(68-30(6)58)39(53)42(62)28(4)40(25)60/h9-15,21,23-25,27-28,35,39-40,42,45,60-62H,16-20,22,53H2,1-8H3,(H,54,64)/b11-9+,21-15?,26-12-,55-46-/t25-,27+,28+,35-,39+,40-,42+,45+,48-/m0/s1. The lowest BCUT2D eigenvalue weighted by molar-refractivity contribution is -0.156. The van der Waals surface area contributed by atoms with Gasteiger partial charge in [0.1, 0.15) is 24.2 Å². The molecule has 1 amide bonds. The molecule has 69 heavy (non-hydrogen) atoms. The molecule has 2 aromatic carbocycles. The Hall–Kier alpha value is -6.06. The molecular weight excluding hydrogens is 908 g/mol. The van der Waals surface area contributed by atoms with Crippen molar-refractivity contribution >= 4 is 34.8 Å². The molecule has 1 aliphatic carbocycles. The summed E-state index contributed by atoms with van der Waals surface area (Å²) >= 11 is 0. The normalized spacial score (nSPS) is 30.2. The lowest BCUT2D eigenvalue weighted by Crippen LogP contribution is -2.55. The number of nitrogens with two attached hydrogens (primary N) is 1. The fraction of sp³-hybridized carbons (Fsp3) is 0.490. The van der Waals surface area contributed by atoms with Crippen LogP contribution in [-0.2, 0) is 34.8 Å². The molecule has 9 atom stereocenters. The van der Waals surface area contributed by atoms with Crippen LogP contribution in [0.5, 0.6) is 11.5 Å². The van der Waals surface area contributed by atoms with E-state index in [9.17, 15) is 47.7 Å². The van der Waals surface area contributed by atoms with Crippen molar-refractivity contribution in [2.24, 2.45) is 28.6 Å². The number of aliphatic hydroxyl groups is 2. The number of hydrogen-bond acceptors (Lipinski definition) is 16. The number of phenols is 1. The van der Waals surface area contributed by atoms with E-state index < -0.39 is 106 Å². The number of allylic oxidation sites excluding steroid dienone is 4. The predicted octanol–water partition coefficient (Wildman–Crippen LogP) is 4.70. The van der Waals surface area contributed by atoms with E-state index in [1.54, 1.807) is 32.9 Å². The number of anilines is 1. The summed E-state index contributed by atoms with van der Waals surface area (Å²) < 4.78 is 64.3. The number of nitrogens with zero attached hydrogens (tertiary/aromatic N) is 3. The number of aromatic hydroxyl groups is 1. The third kappa shape index (κ3) is 11.2. The molecule has 0 radical (unpaired) electrons. The SMILES string of the molecule is CO[C@H]1C=CO[C@@]2(C)Oc3c(C)c(O)c4c(c3/C2=N/OCCN2CCN(c3cccc(C(F)(F)F)c3)CC2)C(=O)C=C(NC(=O)/C(C)=C\C=C\[C@H](C)[C@H](O)[C@@H](C)[C@@H](O)[C@@H](N)[C@H](OC(C)=O)[C@@H]1C)C4=O. The maximum atomic E-state index is 14.2. The van der Waals surface area contributed by atoms with Gasteiger partial charge in [-0.1, -0.05) is 50.2 Å². The molecule has 20 heteroatoms. The number of halogens is 3. The van der Waals surface area contributed by atoms with Crippen molar-refractivity contribution in [1.29, 1.82) is 0 Å². The molecular formula is C49H60F3N5O12. The number of amides is 1. The van der Waals surface area contributed by atoms with Gasteiger partial charge in [-0.25, -0.2) is 0 Å². The topological polar surface area (TPSA) is 232 Å². The lowest BCUT2D eigenvalue weighted by Gasteiger charge is -2.37. The molecule has 17 nitrogen and oxygen atoms in total. The summed E-state index contributed by atoms with van der Waals surface area (Å²) in [6.45, 7) is 12.7. The number of aliphatic hydroxyl groups excluding tert-OH is 2. The van der Waals surface area contributed by atoms with Gasteiger partial charge in [-0.05, 0) is 38.1 Å². The number of alkyl halides is 3. The number of oxime groups is 1. The molecule has 1 fully saturated rings. The summed E-state index contributed by atoms with van der Waals surface area (Å²) in [6.07, 6.45) is -0.886. The Bertz CT molecular complexity index is 2460. The number of esters is 1. The van der Waals surface area contributed by atoms with Gasteiger partial charge in [0.05, 0.1) is 58.6 Å². The minimum absolute atomic E-state index is 0.0138. The summed E-state index contributed by atoms with van der Waals surface area (Å²) in [5.41, 5.74) is 5.26. The first-order valence-electron chi connectivity index (χ1n) is 22.6. The highest BCUT2D eigenvalue weighted by Crippen LogP contribution is 2.48. The number of Topliss-reactive ketones (excluding diaryl/α,β-unsaturated/α-hetero) is 1. The van der Waals surface area contributed by atoms with Gasteiger partial charge in [-0.15, -0.1) is 0 Å². The molecule has 5 aliphatic rings. The molecule has 1 saturated heterocycles. The molecule has 5 bridgehead atoms. The molecule has 6 N–H and O–H groups in total. The van der Waals surface area contributed by atoms with Crippen LogP contribution in [0.4, 0.5) is 18.9 Å². The first-order chi connectivity index (χ1) is 32.5. The van der Waals surface area contributed by atoms with Crippen LogP contribution in [0, 0.1) is 24.7 Å². The van der Waals surface area contributed by atoms with Gasteiger partial charge in [0.25, 0.3) is 11.7 Å². The lowest BCUT2D eigenvalue weighted by atomic mass is 9.81. The Morgan fingerprint density at radius 3 is 2.36 bits per heavy atom. The zero-order chi connectivity index (χ0) is 50.7. The van der Waals surface area contributed by atoms with Crippen LogP contribution in [0.3, 0.4) is 0 Å². The Morgan fingerprint density at radius 2 is 1.71 bits per heavy atom. The Morgan fingerprint density at radius 1 is 1.01 bits per heavy atom. The van der Waals surface area contributed by atoms with Gasteiger partial charge in [0.15, 0.2) is 11.5 Å². The summed E-state index contributed by atoms with van der Waals surface area (Å²) in [5, 5.41) is 41.2. The number of ketones is 2. The van der Waals surface area contributed by atoms with Gasteiger partial charge in [-0.3, -0.25) is 24.1 Å². The second-order valence-corrected chi connectivity index (χ2v) is 17.9. The zero-order valence-electron chi connectivity index (χ0n) is 39.7. The highest BCUT2D eigenvalue weighted by Gasteiger charge is 2.51. The first-order valence-corrected chi connectivity index (χ1v) is 22.6. The molecule has 374 valence electrons. The minimum atomic E-state index is -4.47. The largest absolute Gasteiger partial charge is 0.507 e. The second-order valence-electron chi connectivity index (χ2n) is 17.9. The molecule has 0 spiro atoms. The number of phenolic OH excluding ortho intramolecular Hbond substituents is 1. The van der Waals surface area contributed by atoms with Crippen molar-refractivity contribution in [2.45, 2.75) is 90.9 Å². The third-order valence-corrected chi connectivity index (χ3v) is 13.1. The fourth-order valence-electron chi connectivity index (χ4n) is 8.87. The Kier molecular flexibility index (Phi) is 16.1. The number of carbonyl (C=O) groups is 4. The van der Waals surface area contributed by atoms with Gasteiger partial charge in [-0.2, -0.15) is 13.2 Å². The Balaban J connectivity index is 1.35. The molecule has 4 heterocycles. The summed E-state index contributed by atoms with van der Waals surface area (Å²) in [4.78, 5) is 64.0. The van der Waals surface area contributed by atoms with E-state index in [1.165, 1.54) is 65.4 Å². The van der Waals surface area contributed by atoms with E-state index in [4.69, 9.17) is 29.5 Å². The number of benzene rings is 2. The minimum Gasteiger partial charge on any atom is -0.507 e. The number of methoxy groups -OCH3 is 1. The first kappa shape index (κ1) is 52.3. The van der Waals surface area contributed by atoms with Crippen LogP contribution < -0.4 is 20.7 Å². The molecule has 0 unspecified atom stereocenters. The van der Waals surface area contributed by atoms with Crippen molar-refractivity contribution in [3.05, 3.63) is 100.0 Å². The number of nitrogens with one attached hydrogen (secondary N) is 1. The number of ether oxygens (including phenoxy) is 4. The van der Waals surface area contributed by atoms with Gasteiger partial charge < -0.3 is 55.1 Å². The maximum absolute atomic E-state index is 14.2. The molecule has 2 aromatic rings. The van der Waals surface area contributed by atoms with Crippen molar-refractivity contribution in [1.82, 2.24) is 10.2 Å². The number of carbonyl (C=O) groups excluding carboxylic acids is 4. The van der Waals surface area contributed by atoms with Crippen LogP contribution >= 0.6 is 0 Å². The van der Waals surface area contributed by atoms with Crippen LogP contribution in [0.25, 0.3) is 0 Å². The Labute approximate surface area is 398 Å². The monoisotopic (exact) mass is 967 g/mol. The highest BCUT2D eigenvalue weighted by atomic mass is 19.4. The van der Waals surface area contributed by atoms with E-state index in [1.807, 2.05) is 9.80 Å². The fourth-order valence-corrected chi connectivity index (χ4v) is 8.87. The number of rotatable bonds is 7. The van der Waals surface area contributed by atoms with Gasteiger partial charge in [0, 0.05) is 94.3 Å². The van der Waals surface area contributed by atoms with Crippen molar-refractivity contribution < 1.29 is 71.5 Å². The zero-order valence-corrected chi connectivity index (χ0v) is 39.7. The molecule has 0 saturated carbocycles. The van der Waals surface area contributed by atoms with Crippen LogP contribution in [0.2, 0.25) is 0 Å². The quantitative estimate of drug-likeness (QED) is 0.144. The van der Waals surface area contributed by atoms with E-state index in [0.29, 0.717) is 38.4 Å². The molecule has 0 aromatic heterocycles. The van der Waals surface area contributed by atoms with Crippen LogP contribution in [0.1, 0.15) is 78.9 Å². The van der Waals surface area contributed by atoms with Crippen LogP contribution in [-0.4, -0.2) is 132 Å². The average molecular weight is 968 g/mol. The summed E-state index contributed by atoms with van der Waals surface area (Å²) in [5.74, 6) is -7.81. The van der Waals surface area contributed by atoms with Crippen LogP contribution in [0.15, 0.2) is 77.3 Å². The molecule has 4 aliphatic heterocycles. The maximum Gasteiger partial charge on any atom is 0.416 e. The summed E-state index contributed by atoms with van der Waals surface area (Å²) in [6, 6.07) is 3.95. The smallest absolute Gasteiger partial charge is 0.416 e. The van der Waals surface area contributed by atoms with Crippen molar-refractivity contribution in [3.8, 4) is 11.5 Å². The van der Waals surface area contributed by atoms with Crippen molar-refractivity contribution in [2.75, 3.05) is 51.3 Å².